The standard InChI is InChI=1S/C13H24N4/c1-10-13(11(2)17(3)16-10)9-14-8-12-6-4-5-7-15-12/h12,14-15H,4-9H2,1-3H3. The Kier molecular flexibility index (Phi) is 4.18. The van der Waals surface area contributed by atoms with Crippen LogP contribution in [-0.2, 0) is 13.6 Å². The molecule has 1 aromatic heterocycles. The summed E-state index contributed by atoms with van der Waals surface area (Å²) in [6.45, 7) is 7.40. The van der Waals surface area contributed by atoms with E-state index in [1.165, 1.54) is 37.1 Å². The Morgan fingerprint density at radius 3 is 2.82 bits per heavy atom. The average molecular weight is 236 g/mol. The molecule has 2 heterocycles. The molecule has 17 heavy (non-hydrogen) atoms. The Bertz CT molecular complexity index is 364. The first-order chi connectivity index (χ1) is 8.18. The molecule has 0 amide bonds. The van der Waals surface area contributed by atoms with E-state index in [9.17, 15) is 0 Å². The van der Waals surface area contributed by atoms with Gasteiger partial charge in [-0.05, 0) is 33.2 Å². The predicted octanol–water partition coefficient (Wildman–Crippen LogP) is 1.27. The summed E-state index contributed by atoms with van der Waals surface area (Å²) in [6.07, 6.45) is 4.00. The summed E-state index contributed by atoms with van der Waals surface area (Å²) in [6, 6.07) is 0.654. The number of nitrogens with one attached hydrogen (secondary N) is 2. The lowest BCUT2D eigenvalue weighted by Crippen LogP contribution is -2.41. The van der Waals surface area contributed by atoms with Gasteiger partial charge in [-0.25, -0.2) is 0 Å². The lowest BCUT2D eigenvalue weighted by Gasteiger charge is -2.23. The minimum atomic E-state index is 0.654. The Hall–Kier alpha value is -0.870. The summed E-state index contributed by atoms with van der Waals surface area (Å²) < 4.78 is 1.96. The third kappa shape index (κ3) is 3.07. The molecule has 0 spiro atoms. The number of nitrogens with zero attached hydrogens (tertiary/aromatic N) is 2. The summed E-state index contributed by atoms with van der Waals surface area (Å²) in [7, 11) is 2.01. The zero-order chi connectivity index (χ0) is 12.3. The van der Waals surface area contributed by atoms with E-state index in [0.717, 1.165) is 18.8 Å². The normalized spacial score (nSPS) is 20.8. The van der Waals surface area contributed by atoms with Gasteiger partial charge in [0.2, 0.25) is 0 Å². The van der Waals surface area contributed by atoms with Crippen LogP contribution in [0.2, 0.25) is 0 Å². The van der Waals surface area contributed by atoms with E-state index in [-0.39, 0.29) is 0 Å². The van der Waals surface area contributed by atoms with Gasteiger partial charge in [0, 0.05) is 37.4 Å². The fourth-order valence-electron chi connectivity index (χ4n) is 2.54. The molecule has 4 nitrogen and oxygen atoms in total. The molecule has 1 unspecified atom stereocenters. The van der Waals surface area contributed by atoms with Crippen molar-refractivity contribution in [2.45, 2.75) is 45.7 Å². The van der Waals surface area contributed by atoms with Gasteiger partial charge in [-0.15, -0.1) is 0 Å². The maximum atomic E-state index is 4.44. The molecule has 0 aromatic carbocycles. The van der Waals surface area contributed by atoms with Crippen LogP contribution in [0.15, 0.2) is 0 Å². The van der Waals surface area contributed by atoms with Gasteiger partial charge in [-0.1, -0.05) is 6.42 Å². The van der Waals surface area contributed by atoms with Crippen molar-refractivity contribution in [3.63, 3.8) is 0 Å². The largest absolute Gasteiger partial charge is 0.313 e. The molecule has 1 aliphatic heterocycles. The highest BCUT2D eigenvalue weighted by atomic mass is 15.3. The molecule has 1 saturated heterocycles. The number of aryl methyl sites for hydroxylation is 2. The van der Waals surface area contributed by atoms with Gasteiger partial charge in [0.15, 0.2) is 0 Å². The summed E-state index contributed by atoms with van der Waals surface area (Å²) >= 11 is 0. The Morgan fingerprint density at radius 1 is 1.41 bits per heavy atom. The second-order valence-corrected chi connectivity index (χ2v) is 5.05. The monoisotopic (exact) mass is 236 g/mol. The first-order valence-electron chi connectivity index (χ1n) is 6.61. The van der Waals surface area contributed by atoms with Crippen LogP contribution in [0.3, 0.4) is 0 Å². The Labute approximate surface area is 104 Å². The molecular weight excluding hydrogens is 212 g/mol. The topological polar surface area (TPSA) is 41.9 Å². The van der Waals surface area contributed by atoms with E-state index in [1.54, 1.807) is 0 Å². The predicted molar refractivity (Wildman–Crippen MR) is 70.0 cm³/mol. The number of piperidine rings is 1. The molecule has 0 aliphatic carbocycles. The molecule has 1 atom stereocenters. The highest BCUT2D eigenvalue weighted by molar-refractivity contribution is 5.23. The second kappa shape index (κ2) is 5.65. The maximum Gasteiger partial charge on any atom is 0.0641 e. The van der Waals surface area contributed by atoms with Crippen molar-refractivity contribution in [1.29, 1.82) is 0 Å². The fourth-order valence-corrected chi connectivity index (χ4v) is 2.54. The number of rotatable bonds is 4. The van der Waals surface area contributed by atoms with Crippen molar-refractivity contribution in [3.05, 3.63) is 17.0 Å². The third-order valence-corrected chi connectivity index (χ3v) is 3.76. The minimum absolute atomic E-state index is 0.654. The zero-order valence-corrected chi connectivity index (χ0v) is 11.2. The van der Waals surface area contributed by atoms with Gasteiger partial charge in [-0.2, -0.15) is 5.10 Å². The van der Waals surface area contributed by atoms with Crippen molar-refractivity contribution in [3.8, 4) is 0 Å². The lowest BCUT2D eigenvalue weighted by atomic mass is 10.1. The molecule has 0 saturated carbocycles. The summed E-state index contributed by atoms with van der Waals surface area (Å²) in [5.74, 6) is 0. The highest BCUT2D eigenvalue weighted by Crippen LogP contribution is 2.11. The number of hydrogen-bond donors (Lipinski definition) is 2. The van der Waals surface area contributed by atoms with E-state index in [4.69, 9.17) is 0 Å². The molecular formula is C13H24N4. The molecule has 1 aromatic rings. The fraction of sp³-hybridized carbons (Fsp3) is 0.769. The van der Waals surface area contributed by atoms with E-state index in [1.807, 2.05) is 11.7 Å². The molecule has 0 radical (unpaired) electrons. The summed E-state index contributed by atoms with van der Waals surface area (Å²) in [4.78, 5) is 0. The molecule has 96 valence electrons. The molecule has 1 fully saturated rings. The third-order valence-electron chi connectivity index (χ3n) is 3.76. The van der Waals surface area contributed by atoms with E-state index in [0.29, 0.717) is 6.04 Å². The average Bonchev–Trinajstić information content (AvgIpc) is 2.57. The lowest BCUT2D eigenvalue weighted by molar-refractivity contribution is 0.383. The van der Waals surface area contributed by atoms with Crippen LogP contribution in [-0.4, -0.2) is 28.9 Å². The van der Waals surface area contributed by atoms with Crippen molar-refractivity contribution < 1.29 is 0 Å². The van der Waals surface area contributed by atoms with Crippen LogP contribution in [0.1, 0.15) is 36.2 Å². The maximum absolute atomic E-state index is 4.44. The van der Waals surface area contributed by atoms with Crippen molar-refractivity contribution in [2.24, 2.45) is 7.05 Å². The van der Waals surface area contributed by atoms with Crippen LogP contribution in [0.25, 0.3) is 0 Å². The van der Waals surface area contributed by atoms with Gasteiger partial charge < -0.3 is 10.6 Å². The van der Waals surface area contributed by atoms with Crippen molar-refractivity contribution in [1.82, 2.24) is 20.4 Å². The highest BCUT2D eigenvalue weighted by Gasteiger charge is 2.13. The molecule has 0 bridgehead atoms. The SMILES string of the molecule is Cc1nn(C)c(C)c1CNCC1CCCCN1. The van der Waals surface area contributed by atoms with Gasteiger partial charge in [0.05, 0.1) is 5.69 Å². The van der Waals surface area contributed by atoms with E-state index < -0.39 is 0 Å². The van der Waals surface area contributed by atoms with Crippen LogP contribution >= 0.6 is 0 Å². The number of aromatic nitrogens is 2. The van der Waals surface area contributed by atoms with Crippen LogP contribution in [0.5, 0.6) is 0 Å². The molecule has 2 rings (SSSR count). The van der Waals surface area contributed by atoms with Gasteiger partial charge >= 0.3 is 0 Å². The van der Waals surface area contributed by atoms with Gasteiger partial charge in [0.25, 0.3) is 0 Å². The Balaban J connectivity index is 1.81. The first kappa shape index (κ1) is 12.6. The Morgan fingerprint density at radius 2 is 2.24 bits per heavy atom. The van der Waals surface area contributed by atoms with Crippen molar-refractivity contribution in [2.75, 3.05) is 13.1 Å². The van der Waals surface area contributed by atoms with Crippen molar-refractivity contribution >= 4 is 0 Å². The second-order valence-electron chi connectivity index (χ2n) is 5.05. The summed E-state index contributed by atoms with van der Waals surface area (Å²) in [5.41, 5.74) is 3.77. The molecule has 2 N–H and O–H groups in total. The van der Waals surface area contributed by atoms with Crippen LogP contribution in [0, 0.1) is 13.8 Å². The smallest absolute Gasteiger partial charge is 0.0641 e. The number of hydrogen-bond acceptors (Lipinski definition) is 3. The minimum Gasteiger partial charge on any atom is -0.313 e. The summed E-state index contributed by atoms with van der Waals surface area (Å²) in [5, 5.41) is 11.5. The van der Waals surface area contributed by atoms with Crippen LogP contribution in [0.4, 0.5) is 0 Å². The van der Waals surface area contributed by atoms with Gasteiger partial charge in [-0.3, -0.25) is 4.68 Å². The quantitative estimate of drug-likeness (QED) is 0.827. The van der Waals surface area contributed by atoms with Gasteiger partial charge in [0.1, 0.15) is 0 Å². The van der Waals surface area contributed by atoms with Crippen LogP contribution < -0.4 is 10.6 Å². The zero-order valence-electron chi connectivity index (χ0n) is 11.2. The molecule has 1 aliphatic rings. The molecule has 4 heteroatoms. The first-order valence-corrected chi connectivity index (χ1v) is 6.61. The van der Waals surface area contributed by atoms with E-state index in [2.05, 4.69) is 29.6 Å². The van der Waals surface area contributed by atoms with E-state index >= 15 is 0 Å².